The van der Waals surface area contributed by atoms with Crippen molar-refractivity contribution in [2.24, 2.45) is 0 Å². The van der Waals surface area contributed by atoms with E-state index in [2.05, 4.69) is 17.2 Å². The summed E-state index contributed by atoms with van der Waals surface area (Å²) in [6, 6.07) is 14.2. The summed E-state index contributed by atoms with van der Waals surface area (Å²) < 4.78 is 18.7. The van der Waals surface area contributed by atoms with E-state index < -0.39 is 0 Å². The first-order valence-corrected chi connectivity index (χ1v) is 7.79. The first kappa shape index (κ1) is 15.7. The number of rotatable bonds is 5. The minimum Gasteiger partial charge on any atom is -0.435 e. The number of quaternary nitrogens is 1. The molecule has 0 aliphatic carbocycles. The molecule has 0 spiro atoms. The molecular formula is C18H17ClFN2O+. The van der Waals surface area contributed by atoms with Crippen LogP contribution < -0.4 is 5.32 Å². The summed E-state index contributed by atoms with van der Waals surface area (Å²) >= 11 is 6.21. The van der Waals surface area contributed by atoms with Gasteiger partial charge in [-0.1, -0.05) is 29.8 Å². The van der Waals surface area contributed by atoms with Crippen LogP contribution in [0.2, 0.25) is 5.02 Å². The highest BCUT2D eigenvalue weighted by molar-refractivity contribution is 6.31. The molecule has 0 saturated heterocycles. The van der Waals surface area contributed by atoms with Crippen molar-refractivity contribution >= 4 is 11.6 Å². The second kappa shape index (κ2) is 6.94. The lowest BCUT2D eigenvalue weighted by molar-refractivity contribution is -0.709. The molecule has 3 aromatic rings. The zero-order chi connectivity index (χ0) is 16.2. The second-order valence-corrected chi connectivity index (χ2v) is 5.78. The van der Waals surface area contributed by atoms with Crippen LogP contribution in [-0.4, -0.2) is 4.98 Å². The highest BCUT2D eigenvalue weighted by atomic mass is 35.5. The molecule has 0 aliphatic heterocycles. The van der Waals surface area contributed by atoms with Crippen LogP contribution in [0.3, 0.4) is 0 Å². The Morgan fingerprint density at radius 2 is 1.91 bits per heavy atom. The van der Waals surface area contributed by atoms with Crippen LogP contribution in [0.1, 0.15) is 24.4 Å². The smallest absolute Gasteiger partial charge is 0.250 e. The van der Waals surface area contributed by atoms with E-state index in [0.29, 0.717) is 18.2 Å². The van der Waals surface area contributed by atoms with Crippen molar-refractivity contribution in [2.45, 2.75) is 19.5 Å². The first-order chi connectivity index (χ1) is 11.1. The van der Waals surface area contributed by atoms with Gasteiger partial charge < -0.3 is 9.73 Å². The van der Waals surface area contributed by atoms with Gasteiger partial charge in [-0.25, -0.2) is 9.37 Å². The Kier molecular flexibility index (Phi) is 4.74. The minimum atomic E-state index is -0.268. The van der Waals surface area contributed by atoms with Crippen molar-refractivity contribution in [3.05, 3.63) is 77.0 Å². The van der Waals surface area contributed by atoms with Gasteiger partial charge in [0.2, 0.25) is 0 Å². The summed E-state index contributed by atoms with van der Waals surface area (Å²) in [5.41, 5.74) is 1.89. The molecule has 2 aromatic carbocycles. The summed E-state index contributed by atoms with van der Waals surface area (Å²) in [4.78, 5) is 4.28. The predicted octanol–water partition coefficient (Wildman–Crippen LogP) is 3.96. The Hall–Kier alpha value is -2.17. The molecule has 1 atom stereocenters. The third-order valence-corrected chi connectivity index (χ3v) is 4.07. The van der Waals surface area contributed by atoms with Crippen molar-refractivity contribution in [1.29, 1.82) is 0 Å². The molecule has 1 aromatic heterocycles. The van der Waals surface area contributed by atoms with Gasteiger partial charge in [0.05, 0.1) is 6.20 Å². The SMILES string of the molecule is C[C@@H]([NH2+]Cc1ncc(-c2ccc(F)cc2)o1)c1ccccc1Cl. The van der Waals surface area contributed by atoms with Crippen molar-refractivity contribution < 1.29 is 14.1 Å². The molecule has 0 bridgehead atoms. The molecule has 0 saturated carbocycles. The Morgan fingerprint density at radius 3 is 2.65 bits per heavy atom. The summed E-state index contributed by atoms with van der Waals surface area (Å²) in [5.74, 6) is 0.998. The number of oxazole rings is 1. The monoisotopic (exact) mass is 331 g/mol. The van der Waals surface area contributed by atoms with Crippen LogP contribution in [0.5, 0.6) is 0 Å². The molecule has 23 heavy (non-hydrogen) atoms. The third-order valence-electron chi connectivity index (χ3n) is 3.72. The average molecular weight is 332 g/mol. The van der Waals surface area contributed by atoms with Gasteiger partial charge in [-0.15, -0.1) is 0 Å². The highest BCUT2D eigenvalue weighted by Crippen LogP contribution is 2.21. The minimum absolute atomic E-state index is 0.199. The number of hydrogen-bond acceptors (Lipinski definition) is 2. The van der Waals surface area contributed by atoms with Crippen LogP contribution >= 0.6 is 11.6 Å². The van der Waals surface area contributed by atoms with Gasteiger partial charge in [0.1, 0.15) is 11.9 Å². The molecular weight excluding hydrogens is 315 g/mol. The summed E-state index contributed by atoms with van der Waals surface area (Å²) in [7, 11) is 0. The molecule has 5 heteroatoms. The molecule has 3 rings (SSSR count). The van der Waals surface area contributed by atoms with Crippen LogP contribution in [0, 0.1) is 5.82 Å². The number of nitrogens with zero attached hydrogens (tertiary/aromatic N) is 1. The van der Waals surface area contributed by atoms with Crippen molar-refractivity contribution in [3.8, 4) is 11.3 Å². The zero-order valence-corrected chi connectivity index (χ0v) is 13.4. The fourth-order valence-corrected chi connectivity index (χ4v) is 2.71. The largest absolute Gasteiger partial charge is 0.435 e. The fourth-order valence-electron chi connectivity index (χ4n) is 2.40. The highest BCUT2D eigenvalue weighted by Gasteiger charge is 2.14. The molecule has 118 valence electrons. The number of aromatic nitrogens is 1. The van der Waals surface area contributed by atoms with Crippen molar-refractivity contribution in [3.63, 3.8) is 0 Å². The Balaban J connectivity index is 1.65. The molecule has 0 amide bonds. The maximum Gasteiger partial charge on any atom is 0.250 e. The van der Waals surface area contributed by atoms with Crippen molar-refractivity contribution in [2.75, 3.05) is 0 Å². The number of halogens is 2. The quantitative estimate of drug-likeness (QED) is 0.769. The normalized spacial score (nSPS) is 12.3. The predicted molar refractivity (Wildman–Crippen MR) is 87.4 cm³/mol. The van der Waals surface area contributed by atoms with Gasteiger partial charge in [-0.05, 0) is 37.3 Å². The lowest BCUT2D eigenvalue weighted by Gasteiger charge is -2.11. The molecule has 0 radical (unpaired) electrons. The molecule has 2 N–H and O–H groups in total. The van der Waals surface area contributed by atoms with Crippen LogP contribution in [0.15, 0.2) is 59.1 Å². The summed E-state index contributed by atoms with van der Waals surface area (Å²) in [6.45, 7) is 2.69. The van der Waals surface area contributed by atoms with Gasteiger partial charge in [0, 0.05) is 16.1 Å². The van der Waals surface area contributed by atoms with E-state index in [4.69, 9.17) is 16.0 Å². The summed E-state index contributed by atoms with van der Waals surface area (Å²) in [5, 5.41) is 2.87. The molecule has 1 heterocycles. The van der Waals surface area contributed by atoms with Gasteiger partial charge >= 0.3 is 0 Å². The van der Waals surface area contributed by atoms with E-state index in [1.165, 1.54) is 12.1 Å². The molecule has 0 unspecified atom stereocenters. The van der Waals surface area contributed by atoms with Crippen molar-refractivity contribution in [1.82, 2.24) is 4.98 Å². The van der Waals surface area contributed by atoms with E-state index in [1.54, 1.807) is 18.3 Å². The Morgan fingerprint density at radius 1 is 1.17 bits per heavy atom. The molecule has 0 aliphatic rings. The average Bonchev–Trinajstić information content (AvgIpc) is 3.03. The van der Waals surface area contributed by atoms with Crippen LogP contribution in [-0.2, 0) is 6.54 Å². The first-order valence-electron chi connectivity index (χ1n) is 7.42. The third kappa shape index (κ3) is 3.78. The number of benzene rings is 2. The Labute approximate surface area is 139 Å². The van der Waals surface area contributed by atoms with E-state index in [0.717, 1.165) is 16.1 Å². The lowest BCUT2D eigenvalue weighted by atomic mass is 10.1. The van der Waals surface area contributed by atoms with Gasteiger partial charge in [0.25, 0.3) is 5.89 Å². The fraction of sp³-hybridized carbons (Fsp3) is 0.167. The number of hydrogen-bond donors (Lipinski definition) is 1. The van der Waals surface area contributed by atoms with E-state index >= 15 is 0 Å². The number of nitrogens with two attached hydrogens (primary N) is 1. The van der Waals surface area contributed by atoms with E-state index in [-0.39, 0.29) is 11.9 Å². The van der Waals surface area contributed by atoms with Gasteiger partial charge in [-0.3, -0.25) is 0 Å². The van der Waals surface area contributed by atoms with Crippen LogP contribution in [0.4, 0.5) is 4.39 Å². The van der Waals surface area contributed by atoms with Gasteiger partial charge in [0.15, 0.2) is 12.3 Å². The maximum atomic E-state index is 12.9. The molecule has 0 fully saturated rings. The van der Waals surface area contributed by atoms with Gasteiger partial charge in [-0.2, -0.15) is 0 Å². The Bertz CT molecular complexity index is 786. The molecule has 3 nitrogen and oxygen atoms in total. The van der Waals surface area contributed by atoms with Crippen LogP contribution in [0.25, 0.3) is 11.3 Å². The summed E-state index contributed by atoms with van der Waals surface area (Å²) in [6.07, 6.45) is 1.66. The van der Waals surface area contributed by atoms with E-state index in [9.17, 15) is 4.39 Å². The zero-order valence-electron chi connectivity index (χ0n) is 12.7. The second-order valence-electron chi connectivity index (χ2n) is 5.38. The van der Waals surface area contributed by atoms with E-state index in [1.807, 2.05) is 24.3 Å². The topological polar surface area (TPSA) is 42.6 Å². The maximum absolute atomic E-state index is 12.9. The standard InChI is InChI=1S/C18H16ClFN2O/c1-12(15-4-2-3-5-16(15)19)21-11-18-22-10-17(23-18)13-6-8-14(20)9-7-13/h2-10,12,21H,11H2,1H3/p+1/t12-/m1/s1. The lowest BCUT2D eigenvalue weighted by Crippen LogP contribution is -2.83.